The fourth-order valence-electron chi connectivity index (χ4n) is 1.75. The highest BCUT2D eigenvalue weighted by Crippen LogP contribution is 2.24. The molecule has 1 N–H and O–H groups in total. The highest BCUT2D eigenvalue weighted by Gasteiger charge is 2.13. The maximum atomic E-state index is 13.8. The van der Waals surface area contributed by atoms with Crippen LogP contribution in [0.4, 0.5) is 8.78 Å². The molecule has 0 saturated heterocycles. The Morgan fingerprint density at radius 1 is 1.25 bits per heavy atom. The lowest BCUT2D eigenvalue weighted by Gasteiger charge is -2.09. The van der Waals surface area contributed by atoms with Gasteiger partial charge < -0.3 is 14.6 Å². The van der Waals surface area contributed by atoms with Crippen molar-refractivity contribution in [1.29, 1.82) is 0 Å². The molecule has 1 aromatic carbocycles. The van der Waals surface area contributed by atoms with Crippen LogP contribution in [0.3, 0.4) is 0 Å². The molecule has 0 aliphatic heterocycles. The first-order chi connectivity index (χ1) is 9.60. The summed E-state index contributed by atoms with van der Waals surface area (Å²) in [7, 11) is 0. The lowest BCUT2D eigenvalue weighted by atomic mass is 10.2. The summed E-state index contributed by atoms with van der Waals surface area (Å²) in [5.41, 5.74) is 1.02. The number of rotatable bonds is 6. The van der Waals surface area contributed by atoms with Crippen molar-refractivity contribution in [3.05, 3.63) is 46.9 Å². The van der Waals surface area contributed by atoms with Crippen molar-refractivity contribution < 1.29 is 18.0 Å². The number of hydrogen-bond acceptors (Lipinski definition) is 4. The molecule has 1 heterocycles. The normalized spacial score (nSPS) is 10.8. The molecular weight excluding hydrogens is 266 g/mol. The number of hydrogen-bond donors (Lipinski definition) is 1. The molecule has 4 nitrogen and oxygen atoms in total. The Morgan fingerprint density at radius 3 is 2.50 bits per heavy atom. The van der Waals surface area contributed by atoms with Gasteiger partial charge >= 0.3 is 0 Å². The van der Waals surface area contributed by atoms with E-state index in [2.05, 4.69) is 10.5 Å². The molecule has 0 saturated carbocycles. The number of aryl methyl sites for hydroxylation is 1. The minimum Gasteiger partial charge on any atom is -0.481 e. The first kappa shape index (κ1) is 14.5. The highest BCUT2D eigenvalue weighted by molar-refractivity contribution is 5.31. The summed E-state index contributed by atoms with van der Waals surface area (Å²) in [5.74, 6) is -1.23. The molecule has 0 aliphatic carbocycles. The van der Waals surface area contributed by atoms with E-state index >= 15 is 0 Å². The van der Waals surface area contributed by atoms with Crippen LogP contribution in [0.15, 0.2) is 22.7 Å². The average Bonchev–Trinajstić information content (AvgIpc) is 2.81. The third kappa shape index (κ3) is 3.54. The zero-order chi connectivity index (χ0) is 14.5. The Hall–Kier alpha value is -1.95. The number of ether oxygens (including phenoxy) is 1. The van der Waals surface area contributed by atoms with Crippen LogP contribution < -0.4 is 10.1 Å². The summed E-state index contributed by atoms with van der Waals surface area (Å²) in [6, 6.07) is 4.17. The van der Waals surface area contributed by atoms with Gasteiger partial charge in [0.1, 0.15) is 18.1 Å². The lowest BCUT2D eigenvalue weighted by Crippen LogP contribution is -2.12. The summed E-state index contributed by atoms with van der Waals surface area (Å²) >= 11 is 0. The van der Waals surface area contributed by atoms with Gasteiger partial charge in [0.25, 0.3) is 0 Å². The predicted molar refractivity (Wildman–Crippen MR) is 69.3 cm³/mol. The molecule has 0 amide bonds. The summed E-state index contributed by atoms with van der Waals surface area (Å²) < 4.78 is 37.6. The van der Waals surface area contributed by atoms with E-state index in [-0.39, 0.29) is 6.61 Å². The van der Waals surface area contributed by atoms with Gasteiger partial charge in [0.05, 0.1) is 0 Å². The van der Waals surface area contributed by atoms with Gasteiger partial charge in [-0.2, -0.15) is 0 Å². The average molecular weight is 282 g/mol. The molecule has 20 heavy (non-hydrogen) atoms. The smallest absolute Gasteiger partial charge is 0.191 e. The van der Waals surface area contributed by atoms with Gasteiger partial charge in [0.2, 0.25) is 0 Å². The van der Waals surface area contributed by atoms with E-state index < -0.39 is 17.4 Å². The molecule has 0 aliphatic rings. The topological polar surface area (TPSA) is 47.3 Å². The zero-order valence-corrected chi connectivity index (χ0v) is 11.4. The van der Waals surface area contributed by atoms with Crippen LogP contribution in [0.1, 0.15) is 23.9 Å². The van der Waals surface area contributed by atoms with Crippen LogP contribution in [0, 0.1) is 18.6 Å². The van der Waals surface area contributed by atoms with Gasteiger partial charge in [-0.3, -0.25) is 0 Å². The van der Waals surface area contributed by atoms with E-state index in [0.717, 1.165) is 6.54 Å². The van der Waals surface area contributed by atoms with E-state index in [0.29, 0.717) is 23.6 Å². The molecule has 2 rings (SSSR count). The van der Waals surface area contributed by atoms with E-state index in [1.165, 1.54) is 12.1 Å². The Labute approximate surface area is 115 Å². The number of nitrogens with zero attached hydrogens (tertiary/aromatic N) is 1. The zero-order valence-electron chi connectivity index (χ0n) is 11.4. The van der Waals surface area contributed by atoms with Crippen LogP contribution in [0.25, 0.3) is 0 Å². The molecule has 0 spiro atoms. The summed E-state index contributed by atoms with van der Waals surface area (Å²) in [5, 5.41) is 6.70. The summed E-state index contributed by atoms with van der Waals surface area (Å²) in [6.45, 7) is 4.75. The predicted octanol–water partition coefficient (Wildman–Crippen LogP) is 2.95. The quantitative estimate of drug-likeness (QED) is 0.885. The Kier molecular flexibility index (Phi) is 4.68. The van der Waals surface area contributed by atoms with Crippen LogP contribution in [0.2, 0.25) is 0 Å². The Balaban J connectivity index is 2.07. The first-order valence-corrected chi connectivity index (χ1v) is 6.33. The molecule has 0 radical (unpaired) electrons. The number of halogens is 2. The maximum absolute atomic E-state index is 13.8. The van der Waals surface area contributed by atoms with Crippen molar-refractivity contribution in [2.75, 3.05) is 6.54 Å². The monoisotopic (exact) mass is 282 g/mol. The fourth-order valence-corrected chi connectivity index (χ4v) is 1.75. The van der Waals surface area contributed by atoms with Crippen molar-refractivity contribution >= 4 is 0 Å². The maximum Gasteiger partial charge on any atom is 0.191 e. The molecule has 0 atom stereocenters. The van der Waals surface area contributed by atoms with Crippen LogP contribution in [-0.2, 0) is 13.2 Å². The SMILES string of the molecule is CCNCc1cc(F)c(OCc2cc(C)on2)c(F)c1. The van der Waals surface area contributed by atoms with Gasteiger partial charge in [0.15, 0.2) is 17.4 Å². The Morgan fingerprint density at radius 2 is 1.95 bits per heavy atom. The minimum absolute atomic E-state index is 0.0439. The van der Waals surface area contributed by atoms with Crippen LogP contribution in [-0.4, -0.2) is 11.7 Å². The molecule has 1 aromatic heterocycles. The van der Waals surface area contributed by atoms with E-state index in [1.807, 2.05) is 6.92 Å². The molecule has 0 fully saturated rings. The van der Waals surface area contributed by atoms with Crippen molar-refractivity contribution in [3.8, 4) is 5.75 Å². The van der Waals surface area contributed by atoms with Crippen LogP contribution in [0.5, 0.6) is 5.75 Å². The second-order valence-electron chi connectivity index (χ2n) is 4.39. The fraction of sp³-hybridized carbons (Fsp3) is 0.357. The molecule has 2 aromatic rings. The van der Waals surface area contributed by atoms with Crippen molar-refractivity contribution in [2.24, 2.45) is 0 Å². The number of benzene rings is 1. The van der Waals surface area contributed by atoms with Crippen LogP contribution >= 0.6 is 0 Å². The van der Waals surface area contributed by atoms with Gasteiger partial charge in [-0.05, 0) is 31.2 Å². The largest absolute Gasteiger partial charge is 0.481 e. The molecule has 108 valence electrons. The molecule has 0 bridgehead atoms. The van der Waals surface area contributed by atoms with E-state index in [1.54, 1.807) is 13.0 Å². The van der Waals surface area contributed by atoms with Gasteiger partial charge in [0, 0.05) is 12.6 Å². The molecular formula is C14H16F2N2O2. The van der Waals surface area contributed by atoms with E-state index in [4.69, 9.17) is 9.26 Å². The minimum atomic E-state index is -0.724. The first-order valence-electron chi connectivity index (χ1n) is 6.33. The standard InChI is InChI=1S/C14H16F2N2O2/c1-3-17-7-10-5-12(15)14(13(16)6-10)19-8-11-4-9(2)20-18-11/h4-6,17H,3,7-8H2,1-2H3. The van der Waals surface area contributed by atoms with E-state index in [9.17, 15) is 8.78 Å². The lowest BCUT2D eigenvalue weighted by molar-refractivity contribution is 0.261. The second-order valence-corrected chi connectivity index (χ2v) is 4.39. The third-order valence-electron chi connectivity index (χ3n) is 2.68. The van der Waals surface area contributed by atoms with Crippen molar-refractivity contribution in [2.45, 2.75) is 27.0 Å². The number of nitrogens with one attached hydrogen (secondary N) is 1. The second kappa shape index (κ2) is 6.47. The Bertz CT molecular complexity index is 561. The highest BCUT2D eigenvalue weighted by atomic mass is 19.1. The van der Waals surface area contributed by atoms with Gasteiger partial charge in [-0.15, -0.1) is 0 Å². The number of aromatic nitrogens is 1. The summed E-state index contributed by atoms with van der Waals surface area (Å²) in [6.07, 6.45) is 0. The van der Waals surface area contributed by atoms with Crippen molar-refractivity contribution in [3.63, 3.8) is 0 Å². The molecule has 0 unspecified atom stereocenters. The third-order valence-corrected chi connectivity index (χ3v) is 2.68. The van der Waals surface area contributed by atoms with Gasteiger partial charge in [-0.1, -0.05) is 12.1 Å². The van der Waals surface area contributed by atoms with Gasteiger partial charge in [-0.25, -0.2) is 8.78 Å². The molecule has 6 heteroatoms. The summed E-state index contributed by atoms with van der Waals surface area (Å²) in [4.78, 5) is 0. The van der Waals surface area contributed by atoms with Crippen molar-refractivity contribution in [1.82, 2.24) is 10.5 Å².